The number of allylic oxidation sites excluding steroid dienone is 3. The van der Waals surface area contributed by atoms with Crippen molar-refractivity contribution in [1.29, 1.82) is 0 Å². The predicted molar refractivity (Wildman–Crippen MR) is 285 cm³/mol. The van der Waals surface area contributed by atoms with Gasteiger partial charge in [-0.2, -0.15) is 0 Å². The van der Waals surface area contributed by atoms with Crippen molar-refractivity contribution >= 4 is 61.5 Å². The lowest BCUT2D eigenvalue weighted by atomic mass is 9.62. The van der Waals surface area contributed by atoms with Crippen LogP contribution >= 0.6 is 0 Å². The van der Waals surface area contributed by atoms with E-state index in [0.29, 0.717) is 11.3 Å². The van der Waals surface area contributed by atoms with E-state index in [9.17, 15) is 0 Å². The van der Waals surface area contributed by atoms with Gasteiger partial charge in [0.1, 0.15) is 22.7 Å². The molecule has 13 rings (SSSR count). The van der Waals surface area contributed by atoms with E-state index in [2.05, 4.69) is 241 Å². The molecule has 3 aromatic heterocycles. The predicted octanol–water partition coefficient (Wildman–Crippen LogP) is 15.0. The van der Waals surface area contributed by atoms with Crippen LogP contribution in [0.4, 0.5) is 28.7 Å². The fourth-order valence-electron chi connectivity index (χ4n) is 11.7. The summed E-state index contributed by atoms with van der Waals surface area (Å²) in [7, 11) is 0. The summed E-state index contributed by atoms with van der Waals surface area (Å²) in [5.41, 5.74) is 14.7. The highest BCUT2D eigenvalue weighted by atomic mass is 15.2. The van der Waals surface area contributed by atoms with Gasteiger partial charge >= 0.3 is 0 Å². The van der Waals surface area contributed by atoms with Gasteiger partial charge in [0.25, 0.3) is 0 Å². The van der Waals surface area contributed by atoms with Crippen molar-refractivity contribution in [2.45, 2.75) is 10.8 Å². The summed E-state index contributed by atoms with van der Waals surface area (Å²) in [6.07, 6.45) is 7.43. The Hall–Kier alpha value is -9.26. The minimum absolute atomic E-state index is 0.609. The number of para-hydroxylation sites is 3. The molecule has 70 heavy (non-hydrogen) atoms. The van der Waals surface area contributed by atoms with Crippen LogP contribution in [0.5, 0.6) is 0 Å². The summed E-state index contributed by atoms with van der Waals surface area (Å²) in [5.74, 6) is 1.48. The van der Waals surface area contributed by atoms with Crippen LogP contribution in [0.15, 0.2) is 267 Å². The van der Waals surface area contributed by atoms with Gasteiger partial charge in [0.15, 0.2) is 0 Å². The minimum atomic E-state index is -0.702. The van der Waals surface area contributed by atoms with Gasteiger partial charge in [-0.1, -0.05) is 195 Å². The molecule has 0 N–H and O–H groups in total. The third-order valence-electron chi connectivity index (χ3n) is 14.4. The van der Waals surface area contributed by atoms with Crippen molar-refractivity contribution in [3.05, 3.63) is 306 Å². The number of hydrogen-bond donors (Lipinski definition) is 0. The van der Waals surface area contributed by atoms with Crippen molar-refractivity contribution in [3.8, 4) is 0 Å². The largest absolute Gasteiger partial charge is 0.294 e. The maximum Gasteiger partial charge on any atom is 0.138 e. The summed E-state index contributed by atoms with van der Waals surface area (Å²) in [4.78, 5) is 25.8. The average molecular weight is 897 g/mol. The molecule has 0 atom stereocenters. The second-order valence-electron chi connectivity index (χ2n) is 17.8. The molecule has 0 radical (unpaired) electrons. The number of pyridine rings is 2. The lowest BCUT2D eigenvalue weighted by Gasteiger charge is -2.46. The number of anilines is 5. The standard InChI is InChI=1S/C64H44N6/c1-3-49-53(4-2)69(54-34-20-17-31-50(54)63(49,43-23-9-5-10-24-43)44-25-11-6-12-26-44)57-39-37-47-59-60(66-42-41-65-59)48-38-40-58(68-62(48)61(47)67-57)70-55-35-21-18-32-51(55)64(45-27-13-7-14-28-45,46-29-15-8-16-30-46)52-33-19-22-36-56(52)70/h3-42H,1-2H2. The van der Waals surface area contributed by atoms with E-state index >= 15 is 0 Å². The molecule has 0 saturated carbocycles. The fraction of sp³-hybridized carbons (Fsp3) is 0.0312. The Labute approximate surface area is 406 Å². The van der Waals surface area contributed by atoms with E-state index in [1.165, 1.54) is 11.1 Å². The second kappa shape index (κ2) is 16.2. The number of fused-ring (bicyclic) bond motifs is 9. The van der Waals surface area contributed by atoms with Crippen molar-refractivity contribution < 1.29 is 0 Å². The Morgan fingerprint density at radius 3 is 1.11 bits per heavy atom. The smallest absolute Gasteiger partial charge is 0.138 e. The summed E-state index contributed by atoms with van der Waals surface area (Å²) >= 11 is 0. The van der Waals surface area contributed by atoms with Crippen LogP contribution < -0.4 is 9.80 Å². The number of benzene rings is 8. The van der Waals surface area contributed by atoms with E-state index in [-0.39, 0.29) is 0 Å². The van der Waals surface area contributed by atoms with Crippen LogP contribution in [-0.2, 0) is 10.8 Å². The third kappa shape index (κ3) is 5.74. The Balaban J connectivity index is 1.07. The molecule has 2 aliphatic heterocycles. The number of nitrogens with zero attached hydrogens (tertiary/aromatic N) is 6. The quantitative estimate of drug-likeness (QED) is 0.142. The maximum absolute atomic E-state index is 5.70. The van der Waals surface area contributed by atoms with Crippen molar-refractivity contribution in [2.75, 3.05) is 9.80 Å². The molecule has 6 heteroatoms. The van der Waals surface area contributed by atoms with Gasteiger partial charge in [0.05, 0.1) is 44.6 Å². The van der Waals surface area contributed by atoms with Crippen molar-refractivity contribution in [1.82, 2.24) is 19.9 Å². The first-order chi connectivity index (χ1) is 34.7. The molecule has 0 saturated heterocycles. The zero-order chi connectivity index (χ0) is 46.8. The van der Waals surface area contributed by atoms with Gasteiger partial charge in [-0.15, -0.1) is 0 Å². The lowest BCUT2D eigenvalue weighted by molar-refractivity contribution is 0.717. The monoisotopic (exact) mass is 896 g/mol. The molecule has 0 bridgehead atoms. The van der Waals surface area contributed by atoms with E-state index in [1.807, 2.05) is 12.2 Å². The van der Waals surface area contributed by atoms with E-state index in [0.717, 1.165) is 89.3 Å². The highest BCUT2D eigenvalue weighted by molar-refractivity contribution is 6.21. The highest BCUT2D eigenvalue weighted by Gasteiger charge is 2.48. The van der Waals surface area contributed by atoms with E-state index < -0.39 is 10.8 Å². The molecule has 2 aliphatic rings. The van der Waals surface area contributed by atoms with Crippen LogP contribution in [-0.4, -0.2) is 19.9 Å². The zero-order valence-corrected chi connectivity index (χ0v) is 38.2. The molecule has 0 aliphatic carbocycles. The molecular weight excluding hydrogens is 853 g/mol. The topological polar surface area (TPSA) is 58.0 Å². The third-order valence-corrected chi connectivity index (χ3v) is 14.4. The zero-order valence-electron chi connectivity index (χ0n) is 38.2. The molecule has 0 amide bonds. The van der Waals surface area contributed by atoms with Crippen molar-refractivity contribution in [2.24, 2.45) is 0 Å². The van der Waals surface area contributed by atoms with Crippen LogP contribution in [0, 0.1) is 0 Å². The van der Waals surface area contributed by atoms with Gasteiger partial charge in [0.2, 0.25) is 0 Å². The summed E-state index contributed by atoms with van der Waals surface area (Å²) in [6.45, 7) is 8.98. The number of rotatable bonds is 8. The van der Waals surface area contributed by atoms with E-state index in [4.69, 9.17) is 19.9 Å². The molecule has 11 aromatic rings. The summed E-state index contributed by atoms with van der Waals surface area (Å²) in [6, 6.07) is 77.7. The molecule has 5 heterocycles. The Bertz CT molecular complexity index is 3760. The van der Waals surface area contributed by atoms with Crippen LogP contribution in [0.25, 0.3) is 32.8 Å². The molecule has 0 unspecified atom stereocenters. The maximum atomic E-state index is 5.70. The van der Waals surface area contributed by atoms with Gasteiger partial charge in [-0.05, 0) is 93.1 Å². The number of hydrogen-bond acceptors (Lipinski definition) is 6. The molecule has 6 nitrogen and oxygen atoms in total. The second-order valence-corrected chi connectivity index (χ2v) is 17.8. The van der Waals surface area contributed by atoms with Gasteiger partial charge < -0.3 is 0 Å². The minimum Gasteiger partial charge on any atom is -0.294 e. The highest BCUT2D eigenvalue weighted by Crippen LogP contribution is 2.58. The van der Waals surface area contributed by atoms with E-state index in [1.54, 1.807) is 12.4 Å². The van der Waals surface area contributed by atoms with Gasteiger partial charge in [0, 0.05) is 23.2 Å². The van der Waals surface area contributed by atoms with Crippen LogP contribution in [0.2, 0.25) is 0 Å². The molecule has 0 fully saturated rings. The Kier molecular flexibility index (Phi) is 9.49. The summed E-state index contributed by atoms with van der Waals surface area (Å²) in [5, 5.41) is 1.72. The Morgan fingerprint density at radius 1 is 0.343 bits per heavy atom. The molecular formula is C64H44N6. The van der Waals surface area contributed by atoms with Crippen LogP contribution in [0.1, 0.15) is 38.9 Å². The normalized spacial score (nSPS) is 14.5. The molecule has 0 spiro atoms. The molecule has 8 aromatic carbocycles. The fourth-order valence-corrected chi connectivity index (χ4v) is 11.7. The molecule has 330 valence electrons. The summed E-state index contributed by atoms with van der Waals surface area (Å²) < 4.78 is 0. The SMILES string of the molecule is C=CC1=C(C=C)C(c2ccccc2)(c2ccccc2)c2ccccc2N1c1ccc2c3nccnc3c3ccc(N4c5ccccc5C(c5ccccc5)(c5ccccc5)c5ccccc54)nc3c2n1. The average Bonchev–Trinajstić information content (AvgIpc) is 3.44. The van der Waals surface area contributed by atoms with Gasteiger partial charge in [-0.25, -0.2) is 9.97 Å². The Morgan fingerprint density at radius 2 is 0.700 bits per heavy atom. The first kappa shape index (κ1) is 41.0. The first-order valence-corrected chi connectivity index (χ1v) is 23.6. The number of aromatic nitrogens is 4. The first-order valence-electron chi connectivity index (χ1n) is 23.6. The van der Waals surface area contributed by atoms with Gasteiger partial charge in [-0.3, -0.25) is 19.8 Å². The lowest BCUT2D eigenvalue weighted by Crippen LogP contribution is -2.39. The van der Waals surface area contributed by atoms with Crippen LogP contribution in [0.3, 0.4) is 0 Å². The van der Waals surface area contributed by atoms with Crippen molar-refractivity contribution in [3.63, 3.8) is 0 Å².